The molecule has 1 heterocycles. The summed E-state index contributed by atoms with van der Waals surface area (Å²) in [6.45, 7) is 11.0. The fraction of sp³-hybridized carbons (Fsp3) is 0.238. The summed E-state index contributed by atoms with van der Waals surface area (Å²) in [6, 6.07) is 16.8. The summed E-state index contributed by atoms with van der Waals surface area (Å²) in [5.41, 5.74) is 9.35. The third-order valence-electron chi connectivity index (χ3n) is 4.46. The Morgan fingerprint density at radius 2 is 1.46 bits per heavy atom. The summed E-state index contributed by atoms with van der Waals surface area (Å²) in [5, 5.41) is 0. The van der Waals surface area contributed by atoms with Crippen molar-refractivity contribution >= 4 is 0 Å². The van der Waals surface area contributed by atoms with E-state index in [9.17, 15) is 0 Å². The third kappa shape index (κ3) is 5.33. The molecule has 0 saturated heterocycles. The predicted molar refractivity (Wildman–Crippen MR) is 94.2 cm³/mol. The van der Waals surface area contributed by atoms with Crippen LogP contribution in [0.15, 0.2) is 48.7 Å². The van der Waals surface area contributed by atoms with Crippen molar-refractivity contribution in [1.29, 1.82) is 0 Å². The van der Waals surface area contributed by atoms with Crippen molar-refractivity contribution in [3.63, 3.8) is 0 Å². The van der Waals surface area contributed by atoms with Crippen LogP contribution < -0.4 is 12.4 Å². The number of rotatable bonds is 1. The van der Waals surface area contributed by atoms with Crippen LogP contribution in [0.3, 0.4) is 0 Å². The molecule has 0 fully saturated rings. The molecule has 3 heteroatoms. The number of hydrogen-bond acceptors (Lipinski definition) is 1. The van der Waals surface area contributed by atoms with Crippen LogP contribution in [0, 0.1) is 40.7 Å². The minimum atomic E-state index is 0. The first kappa shape index (κ1) is 22.6. The van der Waals surface area contributed by atoms with E-state index < -0.39 is 0 Å². The van der Waals surface area contributed by atoms with Gasteiger partial charge in [-0.2, -0.15) is 27.8 Å². The van der Waals surface area contributed by atoms with E-state index in [1.807, 2.05) is 42.5 Å². The molecule has 0 N–H and O–H groups in total. The van der Waals surface area contributed by atoms with E-state index in [2.05, 4.69) is 45.7 Å². The summed E-state index contributed by atoms with van der Waals surface area (Å²) in [5.74, 6) is 0. The maximum absolute atomic E-state index is 4.22. The molecule has 0 spiro atoms. The van der Waals surface area contributed by atoms with Crippen LogP contribution in [0.5, 0.6) is 0 Å². The second-order valence-electron chi connectivity index (χ2n) is 5.62. The molecule has 0 saturated carbocycles. The van der Waals surface area contributed by atoms with Gasteiger partial charge in [0.15, 0.2) is 0 Å². The third-order valence-corrected chi connectivity index (χ3v) is 4.46. The van der Waals surface area contributed by atoms with Gasteiger partial charge in [0.05, 0.1) is 0 Å². The Kier molecular flexibility index (Phi) is 9.89. The quantitative estimate of drug-likeness (QED) is 0.429. The number of pyridine rings is 1. The zero-order valence-electron chi connectivity index (χ0n) is 14.8. The van der Waals surface area contributed by atoms with Crippen molar-refractivity contribution in [2.45, 2.75) is 34.6 Å². The molecule has 0 aliphatic rings. The average molecular weight is 428 g/mol. The van der Waals surface area contributed by atoms with Crippen LogP contribution in [0.2, 0.25) is 0 Å². The first-order valence-corrected chi connectivity index (χ1v) is 7.60. The molecule has 0 radical (unpaired) electrons. The van der Waals surface area contributed by atoms with E-state index in [0.29, 0.717) is 0 Å². The molecule has 3 rings (SSSR count). The van der Waals surface area contributed by atoms with Crippen LogP contribution in [-0.2, 0) is 19.5 Å². The van der Waals surface area contributed by atoms with Gasteiger partial charge in [-0.3, -0.25) is 0 Å². The Bertz CT molecular complexity index is 616. The normalized spacial score (nSPS) is 9.21. The number of nitrogens with zero attached hydrogens (tertiary/aromatic N) is 1. The van der Waals surface area contributed by atoms with Gasteiger partial charge in [-0.25, -0.2) is 0 Å². The van der Waals surface area contributed by atoms with Gasteiger partial charge < -0.3 is 17.4 Å². The average Bonchev–Trinajstić information content (AvgIpc) is 2.75. The van der Waals surface area contributed by atoms with Crippen molar-refractivity contribution in [2.24, 2.45) is 0 Å². The maximum atomic E-state index is 4.22. The van der Waals surface area contributed by atoms with E-state index in [0.717, 1.165) is 11.3 Å². The van der Waals surface area contributed by atoms with Gasteiger partial charge in [0.2, 0.25) is 0 Å². The Morgan fingerprint density at radius 3 is 1.83 bits per heavy atom. The van der Waals surface area contributed by atoms with E-state index >= 15 is 0 Å². The topological polar surface area (TPSA) is 12.9 Å². The number of benzene rings is 1. The first-order valence-electron chi connectivity index (χ1n) is 7.60. The van der Waals surface area contributed by atoms with Crippen LogP contribution in [0.1, 0.15) is 27.8 Å². The summed E-state index contributed by atoms with van der Waals surface area (Å²) >= 11 is 0. The molecular formula is C21H23ClNRh. The zero-order chi connectivity index (χ0) is 16.1. The number of halogens is 1. The van der Waals surface area contributed by atoms with Crippen molar-refractivity contribution in [1.82, 2.24) is 4.98 Å². The fourth-order valence-electron chi connectivity index (χ4n) is 2.48. The predicted octanol–water partition coefficient (Wildman–Crippen LogP) is 2.50. The Labute approximate surface area is 165 Å². The monoisotopic (exact) mass is 427 g/mol. The summed E-state index contributed by atoms with van der Waals surface area (Å²) < 4.78 is 0. The molecule has 3 aromatic rings. The smallest absolute Gasteiger partial charge is 1.00 e. The van der Waals surface area contributed by atoms with Crippen molar-refractivity contribution in [2.75, 3.05) is 0 Å². The van der Waals surface area contributed by atoms with E-state index in [-0.39, 0.29) is 31.9 Å². The van der Waals surface area contributed by atoms with Gasteiger partial charge >= 0.3 is 19.5 Å². The van der Waals surface area contributed by atoms with Gasteiger partial charge in [0, 0.05) is 6.20 Å². The standard InChI is InChI=1S/C11H8N.C10H15.ClH.Rh/c1-2-6-10(7-3-1)11-8-4-5-9-12-11;1-6-7(2)9(4)10(5)8(6)3;;/h1-6,8-9H;1-5H3;1H;/q2*-1;;+3/p-1. The van der Waals surface area contributed by atoms with Gasteiger partial charge in [-0.1, -0.05) is 46.8 Å². The molecule has 0 atom stereocenters. The van der Waals surface area contributed by atoms with Gasteiger partial charge in [-0.15, -0.1) is 35.9 Å². The van der Waals surface area contributed by atoms with Crippen LogP contribution in [-0.4, -0.2) is 4.98 Å². The van der Waals surface area contributed by atoms with Crippen LogP contribution >= 0.6 is 0 Å². The summed E-state index contributed by atoms with van der Waals surface area (Å²) in [4.78, 5) is 4.22. The Hall–Kier alpha value is -1.37. The molecule has 0 aliphatic heterocycles. The van der Waals surface area contributed by atoms with Gasteiger partial charge in [-0.05, 0) is 11.8 Å². The Balaban J connectivity index is 0.000000413. The number of hydrogen-bond donors (Lipinski definition) is 0. The molecule has 1 nitrogen and oxygen atoms in total. The van der Waals surface area contributed by atoms with E-state index in [1.165, 1.54) is 27.8 Å². The second kappa shape index (κ2) is 10.5. The number of aromatic nitrogens is 1. The minimum Gasteiger partial charge on any atom is -1.00 e. The van der Waals surface area contributed by atoms with Crippen molar-refractivity contribution in [3.8, 4) is 11.3 Å². The van der Waals surface area contributed by atoms with Crippen LogP contribution in [0.25, 0.3) is 11.3 Å². The molecule has 2 aromatic carbocycles. The largest absolute Gasteiger partial charge is 3.00 e. The van der Waals surface area contributed by atoms with E-state index in [4.69, 9.17) is 0 Å². The molecular weight excluding hydrogens is 405 g/mol. The molecule has 128 valence electrons. The van der Waals surface area contributed by atoms with Crippen LogP contribution in [0.4, 0.5) is 0 Å². The first-order chi connectivity index (χ1) is 10.5. The molecule has 0 unspecified atom stereocenters. The Morgan fingerprint density at radius 1 is 0.875 bits per heavy atom. The SMILES string of the molecule is Cc1c(C)c(C)[c-](C)c1C.[Cl-].[Rh+3].[c-]1ccccc1-c1ccccn1. The summed E-state index contributed by atoms with van der Waals surface area (Å²) in [6.07, 6.45) is 1.79. The molecule has 24 heavy (non-hydrogen) atoms. The maximum Gasteiger partial charge on any atom is 3.00 e. The van der Waals surface area contributed by atoms with Gasteiger partial charge in [0.1, 0.15) is 0 Å². The molecule has 1 aromatic heterocycles. The molecule has 0 aliphatic carbocycles. The zero-order valence-corrected chi connectivity index (χ0v) is 17.2. The van der Waals surface area contributed by atoms with Gasteiger partial charge in [0.25, 0.3) is 0 Å². The summed E-state index contributed by atoms with van der Waals surface area (Å²) in [7, 11) is 0. The van der Waals surface area contributed by atoms with E-state index in [1.54, 1.807) is 6.20 Å². The van der Waals surface area contributed by atoms with Crippen molar-refractivity contribution in [3.05, 3.63) is 82.5 Å². The second-order valence-corrected chi connectivity index (χ2v) is 5.62. The minimum absolute atomic E-state index is 0. The molecule has 0 amide bonds. The fourth-order valence-corrected chi connectivity index (χ4v) is 2.48. The van der Waals surface area contributed by atoms with Crippen molar-refractivity contribution < 1.29 is 31.9 Å². The molecule has 0 bridgehead atoms.